The molecule has 2 aromatic rings. The molecule has 1 N–H and O–H groups in total. The Morgan fingerprint density at radius 2 is 2.00 bits per heavy atom. The Labute approximate surface area is 160 Å². The highest BCUT2D eigenvalue weighted by Gasteiger charge is 2.14. The summed E-state index contributed by atoms with van der Waals surface area (Å²) in [5.74, 6) is 1.38. The molecule has 1 aromatic carbocycles. The maximum absolute atomic E-state index is 12.0. The molecule has 0 saturated heterocycles. The van der Waals surface area contributed by atoms with Crippen LogP contribution in [0.3, 0.4) is 0 Å². The maximum Gasteiger partial charge on any atom is 0.236 e. The Morgan fingerprint density at radius 3 is 2.67 bits per heavy atom. The number of halogens is 2. The van der Waals surface area contributed by atoms with Gasteiger partial charge in [0.1, 0.15) is 5.01 Å². The van der Waals surface area contributed by atoms with Crippen molar-refractivity contribution in [3.63, 3.8) is 0 Å². The topological polar surface area (TPSA) is 54.9 Å². The van der Waals surface area contributed by atoms with Crippen molar-refractivity contribution in [1.82, 2.24) is 10.2 Å². The first-order valence-electron chi connectivity index (χ1n) is 7.68. The summed E-state index contributed by atoms with van der Waals surface area (Å²) in [5.41, 5.74) is 1.04. The van der Waals surface area contributed by atoms with E-state index in [0.29, 0.717) is 32.6 Å². The number of rotatable bonds is 8. The van der Waals surface area contributed by atoms with Crippen LogP contribution in [-0.2, 0) is 10.5 Å². The predicted octanol–water partition coefficient (Wildman–Crippen LogP) is 5.62. The van der Waals surface area contributed by atoms with Crippen LogP contribution in [0, 0.1) is 0 Å². The molecule has 1 heterocycles. The average molecular weight is 404 g/mol. The lowest BCUT2D eigenvalue weighted by atomic mass is 10.1. The first-order chi connectivity index (χ1) is 11.5. The first-order valence-corrected chi connectivity index (χ1v) is 10.4. The molecule has 8 heteroatoms. The van der Waals surface area contributed by atoms with E-state index in [9.17, 15) is 4.79 Å². The van der Waals surface area contributed by atoms with E-state index in [-0.39, 0.29) is 5.91 Å². The van der Waals surface area contributed by atoms with Gasteiger partial charge in [-0.15, -0.1) is 22.0 Å². The highest BCUT2D eigenvalue weighted by atomic mass is 35.5. The van der Waals surface area contributed by atoms with Crippen LogP contribution in [0.5, 0.6) is 0 Å². The summed E-state index contributed by atoms with van der Waals surface area (Å²) < 4.78 is 0. The van der Waals surface area contributed by atoms with Crippen molar-refractivity contribution in [2.24, 2.45) is 0 Å². The third-order valence-corrected chi connectivity index (χ3v) is 6.25. The van der Waals surface area contributed by atoms with Crippen LogP contribution in [0.4, 0.5) is 5.13 Å². The van der Waals surface area contributed by atoms with Gasteiger partial charge in [-0.2, -0.15) is 0 Å². The number of nitrogens with zero attached hydrogens (tertiary/aromatic N) is 2. The quantitative estimate of drug-likeness (QED) is 0.620. The number of amides is 1. The first kappa shape index (κ1) is 19.5. The Hall–Kier alpha value is -0.820. The monoisotopic (exact) mass is 403 g/mol. The van der Waals surface area contributed by atoms with Gasteiger partial charge in [0, 0.05) is 11.7 Å². The number of carbonyl (C=O) groups excluding carboxylic acids is 1. The van der Waals surface area contributed by atoms with Crippen LogP contribution in [0.1, 0.15) is 43.2 Å². The number of aromatic nitrogens is 2. The van der Waals surface area contributed by atoms with E-state index in [0.717, 1.165) is 23.4 Å². The zero-order valence-corrected chi connectivity index (χ0v) is 16.7. The van der Waals surface area contributed by atoms with Gasteiger partial charge in [-0.25, -0.2) is 0 Å². The molecule has 24 heavy (non-hydrogen) atoms. The van der Waals surface area contributed by atoms with Gasteiger partial charge in [0.2, 0.25) is 11.0 Å². The minimum atomic E-state index is -0.0766. The van der Waals surface area contributed by atoms with Gasteiger partial charge < -0.3 is 0 Å². The number of carbonyl (C=O) groups is 1. The molecule has 0 aliphatic carbocycles. The fraction of sp³-hybridized carbons (Fsp3) is 0.438. The molecule has 2 rings (SSSR count). The van der Waals surface area contributed by atoms with E-state index in [1.165, 1.54) is 23.1 Å². The van der Waals surface area contributed by atoms with Gasteiger partial charge in [0.25, 0.3) is 0 Å². The molecule has 0 radical (unpaired) electrons. The van der Waals surface area contributed by atoms with Gasteiger partial charge in [0.15, 0.2) is 0 Å². The molecule has 0 aliphatic rings. The number of hydrogen-bond acceptors (Lipinski definition) is 5. The second-order valence-electron chi connectivity index (χ2n) is 5.25. The standard InChI is InChI=1S/C16H19Cl2N3OS2/c1-3-11(4-2)15-20-21-16(24-15)19-14(22)9-23-8-10-5-6-12(17)13(18)7-10/h5-7,11H,3-4,8-9H2,1-2H3,(H,19,21,22). The Morgan fingerprint density at radius 1 is 1.25 bits per heavy atom. The van der Waals surface area contributed by atoms with Crippen molar-refractivity contribution < 1.29 is 4.79 Å². The van der Waals surface area contributed by atoms with E-state index >= 15 is 0 Å². The Bertz CT molecular complexity index is 690. The van der Waals surface area contributed by atoms with E-state index in [1.807, 2.05) is 12.1 Å². The lowest BCUT2D eigenvalue weighted by Crippen LogP contribution is -2.14. The predicted molar refractivity (Wildman–Crippen MR) is 104 cm³/mol. The summed E-state index contributed by atoms with van der Waals surface area (Å²) in [5, 5.41) is 13.7. The molecule has 0 aliphatic heterocycles. The lowest BCUT2D eigenvalue weighted by molar-refractivity contribution is -0.113. The van der Waals surface area contributed by atoms with Crippen molar-refractivity contribution >= 4 is 57.3 Å². The second-order valence-corrected chi connectivity index (χ2v) is 8.06. The lowest BCUT2D eigenvalue weighted by Gasteiger charge is -2.06. The fourth-order valence-electron chi connectivity index (χ4n) is 2.13. The Balaban J connectivity index is 1.80. The van der Waals surface area contributed by atoms with Crippen molar-refractivity contribution in [2.75, 3.05) is 11.1 Å². The van der Waals surface area contributed by atoms with E-state index in [4.69, 9.17) is 23.2 Å². The summed E-state index contributed by atoms with van der Waals surface area (Å²) in [7, 11) is 0. The SMILES string of the molecule is CCC(CC)c1nnc(NC(=O)CSCc2ccc(Cl)c(Cl)c2)s1. The van der Waals surface area contributed by atoms with Crippen LogP contribution in [-0.4, -0.2) is 21.9 Å². The summed E-state index contributed by atoms with van der Waals surface area (Å²) >= 11 is 14.8. The van der Waals surface area contributed by atoms with Crippen LogP contribution in [0.2, 0.25) is 10.0 Å². The van der Waals surface area contributed by atoms with Crippen LogP contribution in [0.25, 0.3) is 0 Å². The normalized spacial score (nSPS) is 11.0. The molecule has 0 bridgehead atoms. The molecule has 0 atom stereocenters. The van der Waals surface area contributed by atoms with E-state index < -0.39 is 0 Å². The Kier molecular flexibility index (Phi) is 7.81. The summed E-state index contributed by atoms with van der Waals surface area (Å²) in [6.07, 6.45) is 2.05. The number of anilines is 1. The number of hydrogen-bond donors (Lipinski definition) is 1. The van der Waals surface area contributed by atoms with Gasteiger partial charge in [-0.05, 0) is 30.5 Å². The smallest absolute Gasteiger partial charge is 0.236 e. The van der Waals surface area contributed by atoms with Crippen molar-refractivity contribution in [3.05, 3.63) is 38.8 Å². The molecule has 4 nitrogen and oxygen atoms in total. The van der Waals surface area contributed by atoms with E-state index in [2.05, 4.69) is 29.4 Å². The van der Waals surface area contributed by atoms with Gasteiger partial charge in [-0.1, -0.05) is 54.5 Å². The maximum atomic E-state index is 12.0. The van der Waals surface area contributed by atoms with Gasteiger partial charge in [-0.3, -0.25) is 10.1 Å². The molecule has 0 unspecified atom stereocenters. The molecule has 0 saturated carbocycles. The van der Waals surface area contributed by atoms with Crippen LogP contribution >= 0.6 is 46.3 Å². The zero-order valence-electron chi connectivity index (χ0n) is 13.5. The van der Waals surface area contributed by atoms with Gasteiger partial charge >= 0.3 is 0 Å². The third kappa shape index (κ3) is 5.62. The molecule has 130 valence electrons. The number of nitrogens with one attached hydrogen (secondary N) is 1. The second kappa shape index (κ2) is 9.61. The highest BCUT2D eigenvalue weighted by Crippen LogP contribution is 2.28. The van der Waals surface area contributed by atoms with Gasteiger partial charge in [0.05, 0.1) is 15.8 Å². The van der Waals surface area contributed by atoms with Crippen molar-refractivity contribution in [2.45, 2.75) is 38.4 Å². The van der Waals surface area contributed by atoms with Crippen molar-refractivity contribution in [1.29, 1.82) is 0 Å². The largest absolute Gasteiger partial charge is 0.300 e. The minimum Gasteiger partial charge on any atom is -0.300 e. The number of thioether (sulfide) groups is 1. The average Bonchev–Trinajstić information content (AvgIpc) is 3.00. The fourth-order valence-corrected chi connectivity index (χ4v) is 4.26. The van der Waals surface area contributed by atoms with Crippen LogP contribution < -0.4 is 5.32 Å². The molecular formula is C16H19Cl2N3OS2. The molecule has 1 amide bonds. The summed E-state index contributed by atoms with van der Waals surface area (Å²) in [6, 6.07) is 5.49. The molecule has 1 aromatic heterocycles. The molecule has 0 spiro atoms. The highest BCUT2D eigenvalue weighted by molar-refractivity contribution is 7.99. The van der Waals surface area contributed by atoms with Crippen LogP contribution in [0.15, 0.2) is 18.2 Å². The third-order valence-electron chi connectivity index (χ3n) is 3.51. The molecule has 0 fully saturated rings. The summed E-state index contributed by atoms with van der Waals surface area (Å²) in [4.78, 5) is 12.0. The number of benzene rings is 1. The van der Waals surface area contributed by atoms with E-state index in [1.54, 1.807) is 6.07 Å². The zero-order chi connectivity index (χ0) is 17.5. The molecular weight excluding hydrogens is 385 g/mol. The van der Waals surface area contributed by atoms with Crippen molar-refractivity contribution in [3.8, 4) is 0 Å². The summed E-state index contributed by atoms with van der Waals surface area (Å²) in [6.45, 7) is 4.26. The minimum absolute atomic E-state index is 0.0766.